The lowest BCUT2D eigenvalue weighted by molar-refractivity contribution is -0.127. The SMILES string of the molecule is COc1cc(F)c(CC(F)(F)F)cc1F. The molecule has 0 aliphatic carbocycles. The van der Waals surface area contributed by atoms with Crippen LogP contribution in [0.25, 0.3) is 0 Å². The summed E-state index contributed by atoms with van der Waals surface area (Å²) >= 11 is 0. The van der Waals surface area contributed by atoms with E-state index in [2.05, 4.69) is 4.74 Å². The summed E-state index contributed by atoms with van der Waals surface area (Å²) in [6, 6.07) is 1.08. The first-order valence-corrected chi connectivity index (χ1v) is 3.92. The molecule has 0 N–H and O–H groups in total. The fraction of sp³-hybridized carbons (Fsp3) is 0.333. The van der Waals surface area contributed by atoms with Gasteiger partial charge in [0.25, 0.3) is 0 Å². The summed E-state index contributed by atoms with van der Waals surface area (Å²) in [5.41, 5.74) is -0.735. The van der Waals surface area contributed by atoms with Crippen molar-refractivity contribution in [1.82, 2.24) is 0 Å². The molecular weight excluding hydrogens is 219 g/mol. The molecule has 0 unspecified atom stereocenters. The number of halogens is 5. The average Bonchev–Trinajstić information content (AvgIpc) is 2.08. The molecule has 0 fully saturated rings. The summed E-state index contributed by atoms with van der Waals surface area (Å²) in [5.74, 6) is -2.57. The Morgan fingerprint density at radius 2 is 1.73 bits per heavy atom. The number of ether oxygens (including phenoxy) is 1. The van der Waals surface area contributed by atoms with E-state index in [1.54, 1.807) is 0 Å². The van der Waals surface area contributed by atoms with Crippen molar-refractivity contribution >= 4 is 0 Å². The highest BCUT2D eigenvalue weighted by Crippen LogP contribution is 2.27. The maximum absolute atomic E-state index is 13.0. The highest BCUT2D eigenvalue weighted by atomic mass is 19.4. The molecule has 1 nitrogen and oxygen atoms in total. The molecule has 0 saturated carbocycles. The highest BCUT2D eigenvalue weighted by Gasteiger charge is 2.29. The normalized spacial score (nSPS) is 11.6. The molecule has 0 saturated heterocycles. The average molecular weight is 226 g/mol. The monoisotopic (exact) mass is 226 g/mol. The van der Waals surface area contributed by atoms with Crippen LogP contribution in [0.3, 0.4) is 0 Å². The third-order valence-electron chi connectivity index (χ3n) is 1.71. The number of alkyl halides is 3. The van der Waals surface area contributed by atoms with Gasteiger partial charge < -0.3 is 4.74 Å². The molecule has 0 aliphatic heterocycles. The number of hydrogen-bond acceptors (Lipinski definition) is 1. The quantitative estimate of drug-likeness (QED) is 0.704. The van der Waals surface area contributed by atoms with Crippen LogP contribution in [0.2, 0.25) is 0 Å². The van der Waals surface area contributed by atoms with Crippen LogP contribution in [-0.4, -0.2) is 13.3 Å². The molecule has 0 spiro atoms. The van der Waals surface area contributed by atoms with Gasteiger partial charge in [0.15, 0.2) is 11.6 Å². The van der Waals surface area contributed by atoms with Crippen molar-refractivity contribution in [2.45, 2.75) is 12.6 Å². The molecule has 0 aromatic heterocycles. The number of benzene rings is 1. The Kier molecular flexibility index (Phi) is 3.16. The molecule has 1 rings (SSSR count). The fourth-order valence-electron chi connectivity index (χ4n) is 1.08. The van der Waals surface area contributed by atoms with Crippen molar-refractivity contribution in [3.05, 3.63) is 29.3 Å². The molecule has 0 atom stereocenters. The van der Waals surface area contributed by atoms with Crippen molar-refractivity contribution < 1.29 is 26.7 Å². The van der Waals surface area contributed by atoms with Crippen molar-refractivity contribution in [2.75, 3.05) is 7.11 Å². The molecule has 0 heterocycles. The maximum Gasteiger partial charge on any atom is 0.393 e. The zero-order valence-corrected chi connectivity index (χ0v) is 7.66. The van der Waals surface area contributed by atoms with Gasteiger partial charge in [-0.15, -0.1) is 0 Å². The Hall–Kier alpha value is -1.33. The topological polar surface area (TPSA) is 9.23 Å². The van der Waals surface area contributed by atoms with Crippen LogP contribution >= 0.6 is 0 Å². The van der Waals surface area contributed by atoms with Crippen LogP contribution in [0.1, 0.15) is 5.56 Å². The Morgan fingerprint density at radius 1 is 1.13 bits per heavy atom. The minimum absolute atomic E-state index is 0.418. The predicted molar refractivity (Wildman–Crippen MR) is 42.7 cm³/mol. The molecular formula is C9H7F5O. The first-order valence-electron chi connectivity index (χ1n) is 3.92. The molecule has 0 amide bonds. The minimum Gasteiger partial charge on any atom is -0.494 e. The van der Waals surface area contributed by atoms with Gasteiger partial charge in [-0.05, 0) is 11.6 Å². The third kappa shape index (κ3) is 3.07. The van der Waals surface area contributed by atoms with E-state index in [0.29, 0.717) is 12.1 Å². The van der Waals surface area contributed by atoms with Gasteiger partial charge >= 0.3 is 6.18 Å². The smallest absolute Gasteiger partial charge is 0.393 e. The van der Waals surface area contributed by atoms with Crippen molar-refractivity contribution in [3.63, 3.8) is 0 Å². The number of methoxy groups -OCH3 is 1. The summed E-state index contributed by atoms with van der Waals surface area (Å²) in [6.07, 6.45) is -6.07. The lowest BCUT2D eigenvalue weighted by atomic mass is 10.1. The van der Waals surface area contributed by atoms with E-state index in [9.17, 15) is 22.0 Å². The van der Waals surface area contributed by atoms with Crippen LogP contribution < -0.4 is 4.74 Å². The number of rotatable bonds is 2. The van der Waals surface area contributed by atoms with Crippen LogP contribution in [0.5, 0.6) is 5.75 Å². The van der Waals surface area contributed by atoms with E-state index in [4.69, 9.17) is 0 Å². The molecule has 15 heavy (non-hydrogen) atoms. The van der Waals surface area contributed by atoms with Gasteiger partial charge in [-0.3, -0.25) is 0 Å². The third-order valence-corrected chi connectivity index (χ3v) is 1.71. The largest absolute Gasteiger partial charge is 0.494 e. The molecule has 6 heteroatoms. The summed E-state index contributed by atoms with van der Waals surface area (Å²) < 4.78 is 66.1. The number of hydrogen-bond donors (Lipinski definition) is 0. The lowest BCUT2D eigenvalue weighted by Gasteiger charge is -2.09. The molecule has 0 aliphatic rings. The van der Waals surface area contributed by atoms with Gasteiger partial charge in [0.2, 0.25) is 0 Å². The van der Waals surface area contributed by atoms with E-state index in [0.717, 1.165) is 7.11 Å². The van der Waals surface area contributed by atoms with E-state index in [-0.39, 0.29) is 0 Å². The van der Waals surface area contributed by atoms with Crippen molar-refractivity contribution in [1.29, 1.82) is 0 Å². The first-order chi connectivity index (χ1) is 6.83. The summed E-state index contributed by atoms with van der Waals surface area (Å²) in [6.45, 7) is 0. The Labute approximate surface area is 82.5 Å². The zero-order chi connectivity index (χ0) is 11.6. The van der Waals surface area contributed by atoms with Crippen LogP contribution in [-0.2, 0) is 6.42 Å². The van der Waals surface area contributed by atoms with E-state index in [1.165, 1.54) is 0 Å². The Morgan fingerprint density at radius 3 is 2.20 bits per heavy atom. The van der Waals surface area contributed by atoms with E-state index < -0.39 is 35.5 Å². The molecule has 1 aromatic carbocycles. The van der Waals surface area contributed by atoms with Gasteiger partial charge in [-0.1, -0.05) is 0 Å². The van der Waals surface area contributed by atoms with E-state index >= 15 is 0 Å². The molecule has 84 valence electrons. The summed E-state index contributed by atoms with van der Waals surface area (Å²) in [5, 5.41) is 0. The zero-order valence-electron chi connectivity index (χ0n) is 7.66. The summed E-state index contributed by atoms with van der Waals surface area (Å²) in [7, 11) is 1.10. The predicted octanol–water partition coefficient (Wildman–Crippen LogP) is 3.08. The second-order valence-electron chi connectivity index (χ2n) is 2.87. The van der Waals surface area contributed by atoms with Crippen molar-refractivity contribution in [2.24, 2.45) is 0 Å². The minimum atomic E-state index is -4.57. The van der Waals surface area contributed by atoms with Gasteiger partial charge in [0.1, 0.15) is 5.82 Å². The van der Waals surface area contributed by atoms with Gasteiger partial charge in [-0.25, -0.2) is 8.78 Å². The Balaban J connectivity index is 3.05. The van der Waals surface area contributed by atoms with Gasteiger partial charge in [0.05, 0.1) is 13.5 Å². The summed E-state index contributed by atoms with van der Waals surface area (Å²) in [4.78, 5) is 0. The molecule has 0 bridgehead atoms. The molecule has 0 radical (unpaired) electrons. The Bertz CT molecular complexity index is 358. The van der Waals surface area contributed by atoms with Gasteiger partial charge in [0, 0.05) is 6.07 Å². The fourth-order valence-corrected chi connectivity index (χ4v) is 1.08. The highest BCUT2D eigenvalue weighted by molar-refractivity contribution is 5.31. The first kappa shape index (κ1) is 11.7. The second kappa shape index (κ2) is 4.04. The maximum atomic E-state index is 13.0. The van der Waals surface area contributed by atoms with E-state index in [1.807, 2.05) is 0 Å². The van der Waals surface area contributed by atoms with Crippen LogP contribution in [0.15, 0.2) is 12.1 Å². The van der Waals surface area contributed by atoms with Crippen LogP contribution in [0.4, 0.5) is 22.0 Å². The standard InChI is InChI=1S/C9H7F5O/c1-15-8-3-6(10)5(2-7(8)11)4-9(12,13)14/h2-3H,4H2,1H3. The van der Waals surface area contributed by atoms with Gasteiger partial charge in [-0.2, -0.15) is 13.2 Å². The van der Waals surface area contributed by atoms with Crippen molar-refractivity contribution in [3.8, 4) is 5.75 Å². The lowest BCUT2D eigenvalue weighted by Crippen LogP contribution is -2.13. The second-order valence-corrected chi connectivity index (χ2v) is 2.87. The molecule has 1 aromatic rings. The van der Waals surface area contributed by atoms with Crippen LogP contribution in [0, 0.1) is 11.6 Å².